The Balaban J connectivity index is 2.08. The summed E-state index contributed by atoms with van der Waals surface area (Å²) in [5, 5.41) is 10.3. The lowest BCUT2D eigenvalue weighted by Crippen LogP contribution is -2.20. The van der Waals surface area contributed by atoms with E-state index in [0.717, 1.165) is 18.4 Å². The average molecular weight is 289 g/mol. The van der Waals surface area contributed by atoms with Crippen LogP contribution in [0.15, 0.2) is 59.7 Å². The molecule has 0 aromatic heterocycles. The standard InChI is InChI=1S/C21H23N/c1-15-7-6-9-17(15)13-21(2,3)20-12-11-16-8-4-5-10-18(16)19(20)14-22/h4-8,10-12,14,22H,9,13H2,1-3H3. The van der Waals surface area contributed by atoms with Crippen molar-refractivity contribution in [2.24, 2.45) is 0 Å². The van der Waals surface area contributed by atoms with Gasteiger partial charge in [-0.3, -0.25) is 0 Å². The lowest BCUT2D eigenvalue weighted by atomic mass is 9.75. The molecule has 1 aliphatic carbocycles. The van der Waals surface area contributed by atoms with Gasteiger partial charge in [0.05, 0.1) is 0 Å². The minimum atomic E-state index is 0.0273. The Morgan fingerprint density at radius 2 is 1.91 bits per heavy atom. The second kappa shape index (κ2) is 5.57. The van der Waals surface area contributed by atoms with Gasteiger partial charge >= 0.3 is 0 Å². The van der Waals surface area contributed by atoms with Crippen molar-refractivity contribution in [3.63, 3.8) is 0 Å². The maximum absolute atomic E-state index is 7.92. The molecule has 0 bridgehead atoms. The van der Waals surface area contributed by atoms with E-state index in [-0.39, 0.29) is 5.41 Å². The van der Waals surface area contributed by atoms with Crippen LogP contribution in [0.3, 0.4) is 0 Å². The van der Waals surface area contributed by atoms with E-state index in [4.69, 9.17) is 5.41 Å². The highest BCUT2D eigenvalue weighted by Gasteiger charge is 2.26. The fourth-order valence-electron chi connectivity index (χ4n) is 3.54. The molecule has 0 aliphatic heterocycles. The first-order valence-electron chi connectivity index (χ1n) is 7.91. The molecular formula is C21H23N. The molecule has 0 saturated carbocycles. The molecule has 3 rings (SSSR count). The maximum atomic E-state index is 7.92. The van der Waals surface area contributed by atoms with E-state index >= 15 is 0 Å². The van der Waals surface area contributed by atoms with E-state index in [9.17, 15) is 0 Å². The van der Waals surface area contributed by atoms with Gasteiger partial charge in [-0.25, -0.2) is 0 Å². The van der Waals surface area contributed by atoms with Crippen molar-refractivity contribution in [1.29, 1.82) is 5.41 Å². The Morgan fingerprint density at radius 1 is 1.14 bits per heavy atom. The summed E-state index contributed by atoms with van der Waals surface area (Å²) < 4.78 is 0. The van der Waals surface area contributed by atoms with Gasteiger partial charge in [0.2, 0.25) is 0 Å². The number of hydrogen-bond donors (Lipinski definition) is 1. The highest BCUT2D eigenvalue weighted by molar-refractivity contribution is 6.00. The summed E-state index contributed by atoms with van der Waals surface area (Å²) in [6, 6.07) is 12.7. The molecule has 2 aromatic rings. The molecule has 1 heteroatoms. The van der Waals surface area contributed by atoms with E-state index < -0.39 is 0 Å². The predicted molar refractivity (Wildman–Crippen MR) is 95.9 cm³/mol. The smallest absolute Gasteiger partial charge is 0.0259 e. The van der Waals surface area contributed by atoms with Crippen LogP contribution in [0.25, 0.3) is 10.8 Å². The Morgan fingerprint density at radius 3 is 2.59 bits per heavy atom. The molecule has 0 atom stereocenters. The van der Waals surface area contributed by atoms with Crippen molar-refractivity contribution in [2.75, 3.05) is 0 Å². The summed E-state index contributed by atoms with van der Waals surface area (Å²) >= 11 is 0. The number of rotatable bonds is 4. The maximum Gasteiger partial charge on any atom is 0.0259 e. The Labute approximate surface area is 132 Å². The Kier molecular flexibility index (Phi) is 3.74. The number of nitrogens with one attached hydrogen (secondary N) is 1. The molecule has 0 amide bonds. The van der Waals surface area contributed by atoms with Crippen molar-refractivity contribution in [1.82, 2.24) is 0 Å². The molecule has 2 aromatic carbocycles. The minimum Gasteiger partial charge on any atom is -0.308 e. The molecule has 0 saturated heterocycles. The van der Waals surface area contributed by atoms with Crippen molar-refractivity contribution in [3.8, 4) is 0 Å². The summed E-state index contributed by atoms with van der Waals surface area (Å²) in [6.07, 6.45) is 8.11. The van der Waals surface area contributed by atoms with Crippen LogP contribution in [0.4, 0.5) is 0 Å². The van der Waals surface area contributed by atoms with Crippen LogP contribution in [-0.4, -0.2) is 6.21 Å². The zero-order valence-electron chi connectivity index (χ0n) is 13.6. The fraction of sp³-hybridized carbons (Fsp3) is 0.286. The van der Waals surface area contributed by atoms with Gasteiger partial charge in [0.1, 0.15) is 0 Å². The molecule has 1 N–H and O–H groups in total. The first-order valence-corrected chi connectivity index (χ1v) is 7.91. The van der Waals surface area contributed by atoms with Gasteiger partial charge in [-0.2, -0.15) is 0 Å². The average Bonchev–Trinajstić information content (AvgIpc) is 2.90. The normalized spacial score (nSPS) is 14.9. The van der Waals surface area contributed by atoms with E-state index in [1.807, 2.05) is 0 Å². The van der Waals surface area contributed by atoms with Gasteiger partial charge in [-0.1, -0.05) is 73.5 Å². The summed E-state index contributed by atoms with van der Waals surface area (Å²) in [7, 11) is 0. The lowest BCUT2D eigenvalue weighted by molar-refractivity contribution is 0.515. The van der Waals surface area contributed by atoms with Gasteiger partial charge in [0, 0.05) is 11.8 Å². The third kappa shape index (κ3) is 2.52. The zero-order chi connectivity index (χ0) is 15.7. The van der Waals surface area contributed by atoms with Gasteiger partial charge in [-0.05, 0) is 41.5 Å². The minimum absolute atomic E-state index is 0.0273. The molecule has 1 aliphatic rings. The van der Waals surface area contributed by atoms with Crippen molar-refractivity contribution >= 4 is 17.0 Å². The Bertz CT molecular complexity index is 791. The molecule has 0 radical (unpaired) electrons. The van der Waals surface area contributed by atoms with Gasteiger partial charge < -0.3 is 5.41 Å². The third-order valence-electron chi connectivity index (χ3n) is 4.79. The summed E-state index contributed by atoms with van der Waals surface area (Å²) in [4.78, 5) is 0. The van der Waals surface area contributed by atoms with Crippen LogP contribution >= 0.6 is 0 Å². The van der Waals surface area contributed by atoms with Gasteiger partial charge in [0.15, 0.2) is 0 Å². The topological polar surface area (TPSA) is 23.9 Å². The number of allylic oxidation sites excluding steroid dienone is 4. The number of fused-ring (bicyclic) bond motifs is 1. The van der Waals surface area contributed by atoms with Crippen molar-refractivity contribution in [3.05, 3.63) is 70.8 Å². The van der Waals surface area contributed by atoms with Crippen LogP contribution < -0.4 is 0 Å². The molecular weight excluding hydrogens is 266 g/mol. The van der Waals surface area contributed by atoms with Crippen molar-refractivity contribution < 1.29 is 0 Å². The summed E-state index contributed by atoms with van der Waals surface area (Å²) in [5.41, 5.74) is 5.29. The number of benzene rings is 2. The van der Waals surface area contributed by atoms with Crippen LogP contribution in [0.2, 0.25) is 0 Å². The molecule has 1 nitrogen and oxygen atoms in total. The first-order chi connectivity index (χ1) is 10.5. The molecule has 0 heterocycles. The monoisotopic (exact) mass is 289 g/mol. The molecule has 22 heavy (non-hydrogen) atoms. The van der Waals surface area contributed by atoms with Gasteiger partial charge in [-0.15, -0.1) is 0 Å². The highest BCUT2D eigenvalue weighted by Crippen LogP contribution is 2.38. The first kappa shape index (κ1) is 14.8. The SMILES string of the molecule is CC1=C(CC(C)(C)c2ccc3ccccc3c2C=N)CC=C1. The quantitative estimate of drug-likeness (QED) is 0.690. The predicted octanol–water partition coefficient (Wildman–Crippen LogP) is 5.78. The van der Waals surface area contributed by atoms with Crippen LogP contribution in [0.1, 0.15) is 44.7 Å². The highest BCUT2D eigenvalue weighted by atomic mass is 14.4. The summed E-state index contributed by atoms with van der Waals surface area (Å²) in [5.74, 6) is 0. The molecule has 0 fully saturated rings. The molecule has 0 unspecified atom stereocenters. The zero-order valence-corrected chi connectivity index (χ0v) is 13.6. The Hall–Kier alpha value is -2.15. The second-order valence-electron chi connectivity index (χ2n) is 6.85. The second-order valence-corrected chi connectivity index (χ2v) is 6.85. The van der Waals surface area contributed by atoms with Gasteiger partial charge in [0.25, 0.3) is 0 Å². The van der Waals surface area contributed by atoms with E-state index in [2.05, 4.69) is 69.3 Å². The lowest BCUT2D eigenvalue weighted by Gasteiger charge is -2.29. The van der Waals surface area contributed by atoms with Crippen molar-refractivity contribution in [2.45, 2.75) is 39.0 Å². The molecule has 112 valence electrons. The van der Waals surface area contributed by atoms with E-state index in [1.54, 1.807) is 0 Å². The van der Waals surface area contributed by atoms with E-state index in [1.165, 1.54) is 33.7 Å². The third-order valence-corrected chi connectivity index (χ3v) is 4.79. The largest absolute Gasteiger partial charge is 0.308 e. The summed E-state index contributed by atoms with van der Waals surface area (Å²) in [6.45, 7) is 6.79. The van der Waals surface area contributed by atoms with Crippen LogP contribution in [0, 0.1) is 5.41 Å². The fourth-order valence-corrected chi connectivity index (χ4v) is 3.54. The van der Waals surface area contributed by atoms with Crippen LogP contribution in [0.5, 0.6) is 0 Å². The molecule has 0 spiro atoms. The van der Waals surface area contributed by atoms with Crippen LogP contribution in [-0.2, 0) is 5.41 Å². The van der Waals surface area contributed by atoms with E-state index in [0.29, 0.717) is 0 Å². The number of hydrogen-bond acceptors (Lipinski definition) is 1.